The summed E-state index contributed by atoms with van der Waals surface area (Å²) < 4.78 is 0. The normalized spacial score (nSPS) is 16.3. The fraction of sp³-hybridized carbons (Fsp3) is 0.235. The van der Waals surface area contributed by atoms with Gasteiger partial charge in [0.25, 0.3) is 5.56 Å². The third-order valence-electron chi connectivity index (χ3n) is 3.88. The zero-order chi connectivity index (χ0) is 16.4. The van der Waals surface area contributed by atoms with Crippen molar-refractivity contribution in [3.8, 4) is 0 Å². The highest BCUT2D eigenvalue weighted by Gasteiger charge is 2.39. The molecule has 0 unspecified atom stereocenters. The van der Waals surface area contributed by atoms with Crippen LogP contribution in [0.5, 0.6) is 0 Å². The summed E-state index contributed by atoms with van der Waals surface area (Å²) in [5, 5.41) is 2.88. The van der Waals surface area contributed by atoms with Crippen LogP contribution in [0.2, 0.25) is 0 Å². The molecule has 6 nitrogen and oxygen atoms in total. The maximum absolute atomic E-state index is 12.3. The van der Waals surface area contributed by atoms with Crippen LogP contribution in [0.1, 0.15) is 18.3 Å². The van der Waals surface area contributed by atoms with Gasteiger partial charge in [0.05, 0.1) is 5.92 Å². The molecule has 0 aliphatic heterocycles. The van der Waals surface area contributed by atoms with Gasteiger partial charge in [-0.25, -0.2) is 4.98 Å². The van der Waals surface area contributed by atoms with Gasteiger partial charge in [0.1, 0.15) is 11.6 Å². The number of carbonyl (C=O) groups excluding carboxylic acids is 1. The lowest BCUT2D eigenvalue weighted by Crippen LogP contribution is -2.29. The summed E-state index contributed by atoms with van der Waals surface area (Å²) in [6, 6.07) is 11.1. The Labute approximate surface area is 133 Å². The number of aromatic nitrogens is 2. The number of H-pyrrole nitrogens is 1. The first kappa shape index (κ1) is 15.0. The molecule has 0 saturated heterocycles. The molecule has 0 saturated carbocycles. The van der Waals surface area contributed by atoms with Crippen molar-refractivity contribution in [2.24, 2.45) is 5.92 Å². The topological polar surface area (TPSA) is 101 Å². The molecule has 4 N–H and O–H groups in total. The van der Waals surface area contributed by atoms with E-state index in [1.807, 2.05) is 37.3 Å². The second kappa shape index (κ2) is 6.08. The van der Waals surface area contributed by atoms with Gasteiger partial charge in [-0.3, -0.25) is 9.59 Å². The van der Waals surface area contributed by atoms with E-state index in [0.717, 1.165) is 16.7 Å². The number of nitrogens with zero attached hydrogens (tertiary/aromatic N) is 1. The molecule has 1 aromatic carbocycles. The highest BCUT2D eigenvalue weighted by molar-refractivity contribution is 6.05. The Bertz CT molecular complexity index is 824. The predicted molar refractivity (Wildman–Crippen MR) is 88.5 cm³/mol. The molecule has 0 fully saturated rings. The van der Waals surface area contributed by atoms with E-state index in [-0.39, 0.29) is 23.2 Å². The smallest absolute Gasteiger partial charge is 0.252 e. The van der Waals surface area contributed by atoms with E-state index < -0.39 is 0 Å². The molecular formula is C17H18N4O2. The first-order valence-corrected chi connectivity index (χ1v) is 7.46. The molecule has 1 atom stereocenters. The van der Waals surface area contributed by atoms with Crippen LogP contribution < -0.4 is 16.6 Å². The largest absolute Gasteiger partial charge is 0.383 e. The highest BCUT2D eigenvalue weighted by atomic mass is 16.2. The molecule has 1 heterocycles. The molecule has 6 heteroatoms. The predicted octanol–water partition coefficient (Wildman–Crippen LogP) is 1.11. The minimum absolute atomic E-state index is 0.0207. The van der Waals surface area contributed by atoms with Gasteiger partial charge in [-0.1, -0.05) is 35.9 Å². The second-order valence-corrected chi connectivity index (χ2v) is 5.55. The second-order valence-electron chi connectivity index (χ2n) is 5.55. The van der Waals surface area contributed by atoms with Crippen LogP contribution in [-0.2, 0) is 11.2 Å². The number of carbonyl (C=O) groups is 1. The first-order valence-electron chi connectivity index (χ1n) is 7.46. The van der Waals surface area contributed by atoms with Gasteiger partial charge < -0.3 is 16.0 Å². The lowest BCUT2D eigenvalue weighted by Gasteiger charge is -2.06. The Hall–Kier alpha value is -2.89. The average molecular weight is 310 g/mol. The van der Waals surface area contributed by atoms with Crippen LogP contribution in [0.15, 0.2) is 46.8 Å². The summed E-state index contributed by atoms with van der Waals surface area (Å²) in [6.45, 7) is 2.38. The minimum Gasteiger partial charge on any atom is -0.383 e. The van der Waals surface area contributed by atoms with Gasteiger partial charge in [0.15, 0.2) is 0 Å². The lowest BCUT2D eigenvalue weighted by molar-refractivity contribution is -0.121. The number of nitrogens with two attached hydrogens (primary N) is 1. The number of benzene rings is 1. The van der Waals surface area contributed by atoms with Crippen LogP contribution in [0, 0.1) is 5.92 Å². The lowest BCUT2D eigenvalue weighted by atomic mass is 10.1. The van der Waals surface area contributed by atoms with Crippen LogP contribution in [-0.4, -0.2) is 22.4 Å². The molecule has 0 bridgehead atoms. The molecule has 1 aliphatic rings. The summed E-state index contributed by atoms with van der Waals surface area (Å²) in [5.41, 5.74) is 8.52. The first-order chi connectivity index (χ1) is 11.1. The van der Waals surface area contributed by atoms with Crippen LogP contribution >= 0.6 is 0 Å². The van der Waals surface area contributed by atoms with Crippen LogP contribution in [0.3, 0.4) is 0 Å². The van der Waals surface area contributed by atoms with Gasteiger partial charge in [-0.05, 0) is 18.1 Å². The minimum atomic E-state index is -0.287. The number of nitrogen functional groups attached to an aromatic ring is 1. The summed E-state index contributed by atoms with van der Waals surface area (Å²) in [5.74, 6) is 0.484. The van der Waals surface area contributed by atoms with E-state index in [4.69, 9.17) is 5.73 Å². The zero-order valence-corrected chi connectivity index (χ0v) is 12.8. The number of amides is 1. The number of hydrogen-bond donors (Lipinski definition) is 3. The van der Waals surface area contributed by atoms with E-state index in [9.17, 15) is 9.59 Å². The van der Waals surface area contributed by atoms with Gasteiger partial charge in [-0.2, -0.15) is 0 Å². The molecule has 1 amide bonds. The van der Waals surface area contributed by atoms with E-state index in [1.54, 1.807) is 0 Å². The van der Waals surface area contributed by atoms with Gasteiger partial charge in [-0.15, -0.1) is 0 Å². The standard InChI is InChI=1S/C17H18N4O2/c1-10-15(11-5-3-2-4-6-11)16(10)17(23)19-8-7-13-20-12(18)9-14(22)21-13/h2-6,9,16H,7-8H2,1H3,(H,19,23)(H3,18,20,21,22)/t16-/m0/s1. The third-order valence-corrected chi connectivity index (χ3v) is 3.88. The molecule has 2 aromatic rings. The Balaban J connectivity index is 1.54. The third kappa shape index (κ3) is 3.31. The van der Waals surface area contributed by atoms with Crippen LogP contribution in [0.25, 0.3) is 5.57 Å². The SMILES string of the molecule is CC1=C(c2ccccc2)[C@H]1C(=O)NCCc1nc(N)cc(=O)[nH]1. The maximum atomic E-state index is 12.3. The summed E-state index contributed by atoms with van der Waals surface area (Å²) in [7, 11) is 0. The Morgan fingerprint density at radius 1 is 1.35 bits per heavy atom. The highest BCUT2D eigenvalue weighted by Crippen LogP contribution is 2.46. The Morgan fingerprint density at radius 3 is 2.78 bits per heavy atom. The van der Waals surface area contributed by atoms with Crippen molar-refractivity contribution in [3.05, 3.63) is 63.7 Å². The number of nitrogens with one attached hydrogen (secondary N) is 2. The Kier molecular flexibility index (Phi) is 3.97. The van der Waals surface area contributed by atoms with Crippen molar-refractivity contribution in [1.82, 2.24) is 15.3 Å². The molecule has 118 valence electrons. The van der Waals surface area contributed by atoms with Gasteiger partial charge in [0.2, 0.25) is 5.91 Å². The fourth-order valence-electron chi connectivity index (χ4n) is 2.72. The van der Waals surface area contributed by atoms with E-state index in [2.05, 4.69) is 15.3 Å². The number of anilines is 1. The molecular weight excluding hydrogens is 292 g/mol. The monoisotopic (exact) mass is 310 g/mol. The average Bonchev–Trinajstić information content (AvgIpc) is 3.18. The fourth-order valence-corrected chi connectivity index (χ4v) is 2.72. The van der Waals surface area contributed by atoms with E-state index in [0.29, 0.717) is 18.8 Å². The van der Waals surface area contributed by atoms with Gasteiger partial charge in [0, 0.05) is 19.0 Å². The zero-order valence-electron chi connectivity index (χ0n) is 12.8. The number of hydrogen-bond acceptors (Lipinski definition) is 4. The molecule has 1 aromatic heterocycles. The number of rotatable bonds is 5. The molecule has 3 rings (SSSR count). The van der Waals surface area contributed by atoms with Crippen molar-refractivity contribution in [2.45, 2.75) is 13.3 Å². The quantitative estimate of drug-likeness (QED) is 0.770. The van der Waals surface area contributed by atoms with Crippen molar-refractivity contribution in [3.63, 3.8) is 0 Å². The van der Waals surface area contributed by atoms with Crippen molar-refractivity contribution in [2.75, 3.05) is 12.3 Å². The molecule has 1 aliphatic carbocycles. The van der Waals surface area contributed by atoms with E-state index >= 15 is 0 Å². The summed E-state index contributed by atoms with van der Waals surface area (Å²) in [4.78, 5) is 30.2. The van der Waals surface area contributed by atoms with Gasteiger partial charge >= 0.3 is 0 Å². The molecule has 0 spiro atoms. The van der Waals surface area contributed by atoms with Crippen molar-refractivity contribution < 1.29 is 4.79 Å². The van der Waals surface area contributed by atoms with Crippen molar-refractivity contribution in [1.29, 1.82) is 0 Å². The van der Waals surface area contributed by atoms with Crippen molar-refractivity contribution >= 4 is 17.3 Å². The molecule has 0 radical (unpaired) electrons. The number of aromatic amines is 1. The van der Waals surface area contributed by atoms with Crippen LogP contribution in [0.4, 0.5) is 5.82 Å². The van der Waals surface area contributed by atoms with E-state index in [1.165, 1.54) is 6.07 Å². The maximum Gasteiger partial charge on any atom is 0.252 e. The summed E-state index contributed by atoms with van der Waals surface area (Å²) >= 11 is 0. The molecule has 23 heavy (non-hydrogen) atoms. The summed E-state index contributed by atoms with van der Waals surface area (Å²) in [6.07, 6.45) is 0.429. The Morgan fingerprint density at radius 2 is 2.09 bits per heavy atom.